The first kappa shape index (κ1) is 23.4. The Kier molecular flexibility index (Phi) is 7.31. The van der Waals surface area contributed by atoms with Crippen LogP contribution in [0.15, 0.2) is 6.07 Å². The number of carbonyl (C=O) groups is 1. The molecule has 3 heterocycles. The number of aliphatic hydroxyl groups excluding tert-OH is 1. The van der Waals surface area contributed by atoms with Gasteiger partial charge < -0.3 is 40.0 Å². The van der Waals surface area contributed by atoms with Gasteiger partial charge in [-0.2, -0.15) is 0 Å². The zero-order valence-electron chi connectivity index (χ0n) is 18.4. The van der Waals surface area contributed by atoms with Gasteiger partial charge in [-0.25, -0.2) is 0 Å². The number of nitrogens with two attached hydrogens (primary N) is 1. The molecule has 2 saturated heterocycles. The maximum atomic E-state index is 12.8. The number of hydrogen-bond acceptors (Lipinski definition) is 8. The molecule has 10 heteroatoms. The molecule has 0 saturated carbocycles. The molecule has 1 amide bonds. The van der Waals surface area contributed by atoms with Gasteiger partial charge in [0.1, 0.15) is 18.2 Å². The monoisotopic (exact) mass is 469 g/mol. The molecular formula is C22H32ClN3O6. The van der Waals surface area contributed by atoms with Crippen LogP contribution >= 0.6 is 11.6 Å². The number of halogens is 1. The molecule has 1 aromatic carbocycles. The lowest BCUT2D eigenvalue weighted by molar-refractivity contribution is -0.148. The molecule has 0 aromatic heterocycles. The van der Waals surface area contributed by atoms with Crippen molar-refractivity contribution in [3.63, 3.8) is 0 Å². The zero-order chi connectivity index (χ0) is 22.7. The molecule has 32 heavy (non-hydrogen) atoms. The van der Waals surface area contributed by atoms with Crippen molar-refractivity contribution in [3.05, 3.63) is 16.7 Å². The number of fused-ring (bicyclic) bond motifs is 1. The van der Waals surface area contributed by atoms with Crippen LogP contribution in [0.1, 0.15) is 36.5 Å². The Morgan fingerprint density at radius 3 is 2.72 bits per heavy atom. The zero-order valence-corrected chi connectivity index (χ0v) is 19.2. The second-order valence-electron chi connectivity index (χ2n) is 8.74. The minimum atomic E-state index is -0.512. The van der Waals surface area contributed by atoms with Gasteiger partial charge in [0.2, 0.25) is 0 Å². The lowest BCUT2D eigenvalue weighted by atomic mass is 9.93. The number of ether oxygens (including phenoxy) is 4. The normalized spacial score (nSPS) is 25.0. The summed E-state index contributed by atoms with van der Waals surface area (Å²) < 4.78 is 22.5. The van der Waals surface area contributed by atoms with Crippen molar-refractivity contribution in [3.8, 4) is 11.5 Å². The van der Waals surface area contributed by atoms with E-state index in [1.807, 2.05) is 6.92 Å². The Hall–Kier alpha value is -1.78. The molecule has 0 bridgehead atoms. The first-order valence-electron chi connectivity index (χ1n) is 11.2. The summed E-state index contributed by atoms with van der Waals surface area (Å²) in [5.41, 5.74) is 6.49. The first-order valence-corrected chi connectivity index (χ1v) is 11.6. The van der Waals surface area contributed by atoms with E-state index >= 15 is 0 Å². The minimum Gasteiger partial charge on any atom is -0.485 e. The SMILES string of the molecule is CC1(CCCN2CC[C@@H](CNC(=O)c3cc(N)c(Cl)c4c3OCCO4)C(O)C2)OCCO1. The van der Waals surface area contributed by atoms with E-state index in [2.05, 4.69) is 10.2 Å². The van der Waals surface area contributed by atoms with Crippen LogP contribution in [0.2, 0.25) is 5.02 Å². The minimum absolute atomic E-state index is 0.0214. The number of piperidine rings is 1. The molecule has 1 aromatic rings. The van der Waals surface area contributed by atoms with Gasteiger partial charge in [-0.1, -0.05) is 11.6 Å². The third-order valence-electron chi connectivity index (χ3n) is 6.36. The van der Waals surface area contributed by atoms with E-state index in [0.717, 1.165) is 32.4 Å². The topological polar surface area (TPSA) is 116 Å². The predicted molar refractivity (Wildman–Crippen MR) is 119 cm³/mol. The average molecular weight is 470 g/mol. The molecule has 3 aliphatic rings. The predicted octanol–water partition coefficient (Wildman–Crippen LogP) is 1.65. The van der Waals surface area contributed by atoms with Crippen LogP contribution in [0.3, 0.4) is 0 Å². The number of rotatable bonds is 7. The number of hydrogen-bond donors (Lipinski definition) is 3. The van der Waals surface area contributed by atoms with Gasteiger partial charge in [0, 0.05) is 25.4 Å². The highest BCUT2D eigenvalue weighted by molar-refractivity contribution is 6.35. The third-order valence-corrected chi connectivity index (χ3v) is 6.75. The van der Waals surface area contributed by atoms with Gasteiger partial charge in [-0.15, -0.1) is 0 Å². The number of aliphatic hydroxyl groups is 1. The van der Waals surface area contributed by atoms with Crippen LogP contribution in [0.25, 0.3) is 0 Å². The van der Waals surface area contributed by atoms with E-state index in [-0.39, 0.29) is 22.5 Å². The number of nitrogen functional groups attached to an aromatic ring is 1. The van der Waals surface area contributed by atoms with Gasteiger partial charge in [0.15, 0.2) is 17.3 Å². The summed E-state index contributed by atoms with van der Waals surface area (Å²) in [7, 11) is 0. The van der Waals surface area contributed by atoms with Crippen molar-refractivity contribution in [1.82, 2.24) is 10.2 Å². The molecular weight excluding hydrogens is 438 g/mol. The number of anilines is 1. The van der Waals surface area contributed by atoms with Crippen LogP contribution in [0.5, 0.6) is 11.5 Å². The van der Waals surface area contributed by atoms with Gasteiger partial charge >= 0.3 is 0 Å². The van der Waals surface area contributed by atoms with Gasteiger partial charge in [0.05, 0.1) is 30.6 Å². The van der Waals surface area contributed by atoms with Crippen molar-refractivity contribution >= 4 is 23.2 Å². The summed E-state index contributed by atoms with van der Waals surface area (Å²) in [6, 6.07) is 1.50. The summed E-state index contributed by atoms with van der Waals surface area (Å²) in [5, 5.41) is 13.8. The fourth-order valence-corrected chi connectivity index (χ4v) is 4.69. The molecule has 3 aliphatic heterocycles. The summed E-state index contributed by atoms with van der Waals surface area (Å²) in [5.74, 6) is -0.201. The van der Waals surface area contributed by atoms with Crippen LogP contribution in [0.4, 0.5) is 5.69 Å². The standard InChI is InChI=1S/C22H32ClN3O6/c1-22(31-9-10-32-22)4-2-5-26-6-3-14(17(27)13-26)12-25-21(28)15-11-16(24)18(23)20-19(15)29-7-8-30-20/h11,14,17,27H,2-10,12-13,24H2,1H3,(H,25,28)/t14-,17?/m0/s1. The summed E-state index contributed by atoms with van der Waals surface area (Å²) in [4.78, 5) is 15.1. The number of likely N-dealkylation sites (tertiary alicyclic amines) is 1. The quantitative estimate of drug-likeness (QED) is 0.516. The molecule has 2 fully saturated rings. The van der Waals surface area contributed by atoms with Crippen molar-refractivity contribution < 1.29 is 28.8 Å². The van der Waals surface area contributed by atoms with Crippen molar-refractivity contribution in [2.24, 2.45) is 5.92 Å². The molecule has 0 aliphatic carbocycles. The number of benzene rings is 1. The fraction of sp³-hybridized carbons (Fsp3) is 0.682. The molecule has 9 nitrogen and oxygen atoms in total. The fourth-order valence-electron chi connectivity index (χ4n) is 4.50. The Labute approximate surface area is 193 Å². The second kappa shape index (κ2) is 10.0. The van der Waals surface area contributed by atoms with E-state index < -0.39 is 11.9 Å². The Morgan fingerprint density at radius 1 is 1.28 bits per heavy atom. The van der Waals surface area contributed by atoms with E-state index in [4.69, 9.17) is 36.3 Å². The summed E-state index contributed by atoms with van der Waals surface area (Å²) in [6.45, 7) is 6.66. The number of nitrogens with one attached hydrogen (secondary N) is 1. The number of carbonyl (C=O) groups excluding carboxylic acids is 1. The third kappa shape index (κ3) is 5.23. The maximum Gasteiger partial charge on any atom is 0.255 e. The highest BCUT2D eigenvalue weighted by atomic mass is 35.5. The Bertz CT molecular complexity index is 832. The summed E-state index contributed by atoms with van der Waals surface area (Å²) in [6.07, 6.45) is 2.06. The van der Waals surface area contributed by atoms with E-state index in [1.165, 1.54) is 6.07 Å². The van der Waals surface area contributed by atoms with Gasteiger partial charge in [-0.05, 0) is 38.9 Å². The van der Waals surface area contributed by atoms with E-state index in [1.54, 1.807) is 0 Å². The number of nitrogens with zero attached hydrogens (tertiary/aromatic N) is 1. The molecule has 2 atom stereocenters. The van der Waals surface area contributed by atoms with Crippen molar-refractivity contribution in [1.29, 1.82) is 0 Å². The van der Waals surface area contributed by atoms with E-state index in [0.29, 0.717) is 56.6 Å². The van der Waals surface area contributed by atoms with Crippen LogP contribution < -0.4 is 20.5 Å². The van der Waals surface area contributed by atoms with Gasteiger partial charge in [0.25, 0.3) is 5.91 Å². The van der Waals surface area contributed by atoms with Crippen molar-refractivity contribution in [2.75, 3.05) is 58.3 Å². The average Bonchev–Trinajstić information content (AvgIpc) is 3.22. The van der Waals surface area contributed by atoms with Crippen LogP contribution in [-0.4, -0.2) is 80.4 Å². The lowest BCUT2D eigenvalue weighted by Crippen LogP contribution is -2.48. The lowest BCUT2D eigenvalue weighted by Gasteiger charge is -2.36. The highest BCUT2D eigenvalue weighted by Crippen LogP contribution is 2.43. The molecule has 1 unspecified atom stereocenters. The number of β-amino-alcohol motifs (C(OH)–C–C–N with tert-alkyl or cyclic N) is 1. The van der Waals surface area contributed by atoms with E-state index in [9.17, 15) is 9.90 Å². The molecule has 0 radical (unpaired) electrons. The number of amides is 1. The van der Waals surface area contributed by atoms with Crippen LogP contribution in [0, 0.1) is 5.92 Å². The second-order valence-corrected chi connectivity index (χ2v) is 9.12. The summed E-state index contributed by atoms with van der Waals surface area (Å²) >= 11 is 6.19. The van der Waals surface area contributed by atoms with Gasteiger partial charge in [-0.3, -0.25) is 4.79 Å². The van der Waals surface area contributed by atoms with Crippen LogP contribution in [-0.2, 0) is 9.47 Å². The van der Waals surface area contributed by atoms with Crippen molar-refractivity contribution in [2.45, 2.75) is 38.1 Å². The Balaban J connectivity index is 1.26. The molecule has 4 N–H and O–H groups in total. The molecule has 0 spiro atoms. The molecule has 178 valence electrons. The molecule has 4 rings (SSSR count). The highest BCUT2D eigenvalue weighted by Gasteiger charge is 2.32. The largest absolute Gasteiger partial charge is 0.485 e. The first-order chi connectivity index (χ1) is 15.4. The smallest absolute Gasteiger partial charge is 0.255 e. The maximum absolute atomic E-state index is 12.8. The Morgan fingerprint density at radius 2 is 2.00 bits per heavy atom.